The van der Waals surface area contributed by atoms with E-state index in [1.54, 1.807) is 4.90 Å². The minimum Gasteiger partial charge on any atom is -0.310 e. The lowest BCUT2D eigenvalue weighted by molar-refractivity contribution is -0.117. The van der Waals surface area contributed by atoms with Gasteiger partial charge in [0.2, 0.25) is 15.0 Å². The fourth-order valence-corrected chi connectivity index (χ4v) is 3.50. The molecule has 1 amide bonds. The lowest BCUT2D eigenvalue weighted by Crippen LogP contribution is -2.28. The van der Waals surface area contributed by atoms with Gasteiger partial charge >= 0.3 is 0 Å². The summed E-state index contributed by atoms with van der Waals surface area (Å²) in [5.74, 6) is -0.182. The molecule has 104 valence electrons. The van der Waals surface area contributed by atoms with Crippen molar-refractivity contribution in [3.63, 3.8) is 0 Å². The zero-order chi connectivity index (χ0) is 14.2. The molecule has 19 heavy (non-hydrogen) atoms. The first kappa shape index (κ1) is 14.3. The Morgan fingerprint density at radius 3 is 2.63 bits per heavy atom. The van der Waals surface area contributed by atoms with Crippen molar-refractivity contribution in [3.8, 4) is 0 Å². The summed E-state index contributed by atoms with van der Waals surface area (Å²) < 4.78 is 22.8. The number of halogens is 1. The van der Waals surface area contributed by atoms with Crippen molar-refractivity contribution >= 4 is 31.3 Å². The van der Waals surface area contributed by atoms with E-state index in [4.69, 9.17) is 10.7 Å². The van der Waals surface area contributed by atoms with Crippen LogP contribution in [0.3, 0.4) is 0 Å². The standard InChI is InChI=1S/C13H16ClNO3S/c1-3-10-6-4-5-9(2)13(10)15-8-11(7-12(15)16)19(14,17)18/h4-6,11H,3,7-8H2,1-2H3. The fourth-order valence-electron chi connectivity index (χ4n) is 2.47. The van der Waals surface area contributed by atoms with E-state index in [0.29, 0.717) is 0 Å². The molecular weight excluding hydrogens is 286 g/mol. The second kappa shape index (κ2) is 5.13. The first-order chi connectivity index (χ1) is 8.84. The average molecular weight is 302 g/mol. The van der Waals surface area contributed by atoms with E-state index in [1.807, 2.05) is 32.0 Å². The molecule has 1 aromatic carbocycles. The summed E-state index contributed by atoms with van der Waals surface area (Å²) in [5, 5.41) is -0.814. The first-order valence-corrected chi connectivity index (χ1v) is 8.54. The molecule has 0 spiro atoms. The molecule has 1 aromatic rings. The number of para-hydroxylation sites is 1. The fraction of sp³-hybridized carbons (Fsp3) is 0.462. The van der Waals surface area contributed by atoms with E-state index in [1.165, 1.54) is 0 Å². The van der Waals surface area contributed by atoms with Gasteiger partial charge in [0, 0.05) is 29.3 Å². The van der Waals surface area contributed by atoms with Gasteiger partial charge in [0.05, 0.1) is 0 Å². The van der Waals surface area contributed by atoms with Gasteiger partial charge in [0.25, 0.3) is 0 Å². The number of hydrogen-bond acceptors (Lipinski definition) is 3. The zero-order valence-corrected chi connectivity index (χ0v) is 12.5. The lowest BCUT2D eigenvalue weighted by atomic mass is 10.0. The van der Waals surface area contributed by atoms with Crippen LogP contribution in [0.15, 0.2) is 18.2 Å². The van der Waals surface area contributed by atoms with Crippen LogP contribution in [0, 0.1) is 6.92 Å². The highest BCUT2D eigenvalue weighted by molar-refractivity contribution is 8.14. The van der Waals surface area contributed by atoms with Gasteiger partial charge in [-0.3, -0.25) is 4.79 Å². The van der Waals surface area contributed by atoms with Gasteiger partial charge in [-0.25, -0.2) is 8.42 Å². The normalized spacial score (nSPS) is 20.1. The Bertz CT molecular complexity index is 612. The minimum absolute atomic E-state index is 0.0384. The van der Waals surface area contributed by atoms with Gasteiger partial charge in [-0.2, -0.15) is 0 Å². The van der Waals surface area contributed by atoms with Gasteiger partial charge in [-0.15, -0.1) is 0 Å². The number of benzene rings is 1. The maximum atomic E-state index is 12.1. The minimum atomic E-state index is -3.70. The van der Waals surface area contributed by atoms with Crippen molar-refractivity contribution in [3.05, 3.63) is 29.3 Å². The number of nitrogens with zero attached hydrogens (tertiary/aromatic N) is 1. The largest absolute Gasteiger partial charge is 0.310 e. The van der Waals surface area contributed by atoms with Crippen LogP contribution in [0.2, 0.25) is 0 Å². The highest BCUT2D eigenvalue weighted by Gasteiger charge is 2.38. The van der Waals surface area contributed by atoms with Gasteiger partial charge in [-0.05, 0) is 24.5 Å². The Hall–Kier alpha value is -1.07. The number of hydrogen-bond donors (Lipinski definition) is 0. The predicted octanol–water partition coefficient (Wildman–Crippen LogP) is 2.23. The van der Waals surface area contributed by atoms with Crippen molar-refractivity contribution in [2.24, 2.45) is 0 Å². The summed E-state index contributed by atoms with van der Waals surface area (Å²) in [6, 6.07) is 5.82. The smallest absolute Gasteiger partial charge is 0.237 e. The van der Waals surface area contributed by atoms with E-state index in [0.717, 1.165) is 23.2 Å². The summed E-state index contributed by atoms with van der Waals surface area (Å²) in [5.41, 5.74) is 2.85. The maximum absolute atomic E-state index is 12.1. The van der Waals surface area contributed by atoms with Crippen LogP contribution in [0.5, 0.6) is 0 Å². The van der Waals surface area contributed by atoms with Crippen LogP contribution in [0.1, 0.15) is 24.5 Å². The lowest BCUT2D eigenvalue weighted by Gasteiger charge is -2.22. The van der Waals surface area contributed by atoms with Crippen molar-refractivity contribution < 1.29 is 13.2 Å². The number of aryl methyl sites for hydroxylation is 2. The Morgan fingerprint density at radius 1 is 1.42 bits per heavy atom. The third kappa shape index (κ3) is 2.77. The maximum Gasteiger partial charge on any atom is 0.237 e. The molecule has 1 unspecified atom stereocenters. The second-order valence-electron chi connectivity index (χ2n) is 4.74. The van der Waals surface area contributed by atoms with E-state index >= 15 is 0 Å². The molecule has 0 bridgehead atoms. The third-order valence-corrected chi connectivity index (χ3v) is 5.33. The third-order valence-electron chi connectivity index (χ3n) is 3.46. The van der Waals surface area contributed by atoms with Crippen LogP contribution in [-0.2, 0) is 20.3 Å². The second-order valence-corrected chi connectivity index (χ2v) is 7.65. The predicted molar refractivity (Wildman–Crippen MR) is 76.1 cm³/mol. The molecule has 1 atom stereocenters. The summed E-state index contributed by atoms with van der Waals surface area (Å²) >= 11 is 0. The number of rotatable bonds is 3. The molecule has 1 aliphatic heterocycles. The number of carbonyl (C=O) groups is 1. The molecule has 6 heteroatoms. The molecular formula is C13H16ClNO3S. The van der Waals surface area contributed by atoms with Crippen molar-refractivity contribution in [2.45, 2.75) is 31.9 Å². The van der Waals surface area contributed by atoms with Gasteiger partial charge in [0.1, 0.15) is 5.25 Å². The number of anilines is 1. The topological polar surface area (TPSA) is 54.5 Å². The first-order valence-electron chi connectivity index (χ1n) is 6.17. The number of amides is 1. The van der Waals surface area contributed by atoms with E-state index < -0.39 is 14.3 Å². The Kier molecular flexibility index (Phi) is 3.87. The molecule has 0 aromatic heterocycles. The van der Waals surface area contributed by atoms with Crippen LogP contribution in [0.4, 0.5) is 5.69 Å². The molecule has 0 saturated carbocycles. The molecule has 1 heterocycles. The molecule has 0 aliphatic carbocycles. The van der Waals surface area contributed by atoms with Crippen LogP contribution >= 0.6 is 10.7 Å². The molecule has 0 radical (unpaired) electrons. The molecule has 2 rings (SSSR count). The Labute approximate surface area is 117 Å². The van der Waals surface area contributed by atoms with Crippen LogP contribution in [-0.4, -0.2) is 26.1 Å². The van der Waals surface area contributed by atoms with Crippen LogP contribution < -0.4 is 4.90 Å². The van der Waals surface area contributed by atoms with Gasteiger partial charge < -0.3 is 4.90 Å². The number of carbonyl (C=O) groups excluding carboxylic acids is 1. The van der Waals surface area contributed by atoms with Crippen molar-refractivity contribution in [1.29, 1.82) is 0 Å². The SMILES string of the molecule is CCc1cccc(C)c1N1CC(S(=O)(=O)Cl)CC1=O. The van der Waals surface area contributed by atoms with Gasteiger partial charge in [0.15, 0.2) is 0 Å². The summed E-state index contributed by atoms with van der Waals surface area (Å²) in [7, 11) is 1.67. The monoisotopic (exact) mass is 301 g/mol. The average Bonchev–Trinajstić information content (AvgIpc) is 2.70. The van der Waals surface area contributed by atoms with Crippen molar-refractivity contribution in [2.75, 3.05) is 11.4 Å². The highest BCUT2D eigenvalue weighted by Crippen LogP contribution is 2.32. The Balaban J connectivity index is 2.41. The molecule has 1 saturated heterocycles. The highest BCUT2D eigenvalue weighted by atomic mass is 35.7. The van der Waals surface area contributed by atoms with Crippen LogP contribution in [0.25, 0.3) is 0 Å². The quantitative estimate of drug-likeness (QED) is 0.805. The van der Waals surface area contributed by atoms with Gasteiger partial charge in [-0.1, -0.05) is 25.1 Å². The molecule has 1 aliphatic rings. The zero-order valence-electron chi connectivity index (χ0n) is 10.9. The van der Waals surface area contributed by atoms with Crippen molar-refractivity contribution in [1.82, 2.24) is 0 Å². The van der Waals surface area contributed by atoms with E-state index in [9.17, 15) is 13.2 Å². The van der Waals surface area contributed by atoms with E-state index in [-0.39, 0.29) is 18.9 Å². The molecule has 1 fully saturated rings. The Morgan fingerprint density at radius 2 is 2.11 bits per heavy atom. The summed E-state index contributed by atoms with van der Waals surface area (Å²) in [4.78, 5) is 13.6. The summed E-state index contributed by atoms with van der Waals surface area (Å²) in [6.45, 7) is 4.07. The molecule has 4 nitrogen and oxygen atoms in total. The van der Waals surface area contributed by atoms with E-state index in [2.05, 4.69) is 0 Å². The summed E-state index contributed by atoms with van der Waals surface area (Å²) in [6.07, 6.45) is 0.752. The molecule has 0 N–H and O–H groups in total.